The zero-order valence-electron chi connectivity index (χ0n) is 13.0. The number of alkyl carbamates (subject to hydrolysis) is 1. The molecule has 1 rings (SSSR count). The van der Waals surface area contributed by atoms with Gasteiger partial charge in [-0.1, -0.05) is 0 Å². The predicted octanol–water partition coefficient (Wildman–Crippen LogP) is 2.45. The molecular formula is C15H23FN2O3. The molecular weight excluding hydrogens is 275 g/mol. The van der Waals surface area contributed by atoms with E-state index in [1.807, 2.05) is 0 Å². The van der Waals surface area contributed by atoms with E-state index in [2.05, 4.69) is 10.6 Å². The van der Waals surface area contributed by atoms with Crippen molar-refractivity contribution in [2.24, 2.45) is 0 Å². The van der Waals surface area contributed by atoms with Gasteiger partial charge >= 0.3 is 6.09 Å². The molecule has 5 nitrogen and oxygen atoms in total. The Bertz CT molecular complexity index is 472. The summed E-state index contributed by atoms with van der Waals surface area (Å²) in [7, 11) is 1.54. The van der Waals surface area contributed by atoms with E-state index < -0.39 is 11.7 Å². The summed E-state index contributed by atoms with van der Waals surface area (Å²) in [6, 6.07) is 4.58. The van der Waals surface area contributed by atoms with Crippen LogP contribution in [0.1, 0.15) is 26.3 Å². The van der Waals surface area contributed by atoms with Crippen LogP contribution >= 0.6 is 0 Å². The Balaban J connectivity index is 2.27. The molecule has 1 amide bonds. The number of carbonyl (C=O) groups excluding carboxylic acids is 1. The van der Waals surface area contributed by atoms with E-state index in [0.29, 0.717) is 30.9 Å². The number of nitrogens with one attached hydrogen (secondary N) is 2. The summed E-state index contributed by atoms with van der Waals surface area (Å²) in [5.41, 5.74) is 0.00735. The van der Waals surface area contributed by atoms with Gasteiger partial charge in [-0.3, -0.25) is 0 Å². The third-order valence-corrected chi connectivity index (χ3v) is 2.54. The smallest absolute Gasteiger partial charge is 0.407 e. The van der Waals surface area contributed by atoms with Crippen LogP contribution in [0.4, 0.5) is 9.18 Å². The summed E-state index contributed by atoms with van der Waals surface area (Å²) in [5.74, 6) is 0.323. The number of amides is 1. The van der Waals surface area contributed by atoms with Gasteiger partial charge in [0.15, 0.2) is 0 Å². The first-order valence-electron chi connectivity index (χ1n) is 6.82. The van der Waals surface area contributed by atoms with Crippen molar-refractivity contribution in [2.75, 3.05) is 20.2 Å². The zero-order chi connectivity index (χ0) is 15.9. The Morgan fingerprint density at radius 1 is 1.29 bits per heavy atom. The molecule has 2 N–H and O–H groups in total. The lowest BCUT2D eigenvalue weighted by Gasteiger charge is -2.19. The first-order valence-corrected chi connectivity index (χ1v) is 6.82. The van der Waals surface area contributed by atoms with Crippen molar-refractivity contribution >= 4 is 6.09 Å². The molecule has 0 aliphatic rings. The SMILES string of the molecule is COc1ccc(F)c(CNCCNC(=O)OC(C)(C)C)c1. The van der Waals surface area contributed by atoms with Crippen molar-refractivity contribution in [1.29, 1.82) is 0 Å². The summed E-state index contributed by atoms with van der Waals surface area (Å²) < 4.78 is 23.7. The van der Waals surface area contributed by atoms with Crippen LogP contribution < -0.4 is 15.4 Å². The van der Waals surface area contributed by atoms with Crippen molar-refractivity contribution in [3.63, 3.8) is 0 Å². The Morgan fingerprint density at radius 2 is 2.00 bits per heavy atom. The lowest BCUT2D eigenvalue weighted by molar-refractivity contribution is 0.0528. The number of hydrogen-bond acceptors (Lipinski definition) is 4. The fraction of sp³-hybridized carbons (Fsp3) is 0.533. The molecule has 0 aliphatic carbocycles. The summed E-state index contributed by atoms with van der Waals surface area (Å²) in [6.45, 7) is 6.68. The molecule has 0 fully saturated rings. The van der Waals surface area contributed by atoms with Gasteiger partial charge in [0, 0.05) is 25.2 Å². The van der Waals surface area contributed by atoms with Crippen molar-refractivity contribution in [3.8, 4) is 5.75 Å². The number of carbonyl (C=O) groups is 1. The Kier molecular flexibility index (Phi) is 6.42. The summed E-state index contributed by atoms with van der Waals surface area (Å²) in [6.07, 6.45) is -0.461. The molecule has 0 radical (unpaired) electrons. The molecule has 0 heterocycles. The highest BCUT2D eigenvalue weighted by molar-refractivity contribution is 5.67. The highest BCUT2D eigenvalue weighted by atomic mass is 19.1. The Hall–Kier alpha value is -1.82. The second-order valence-corrected chi connectivity index (χ2v) is 5.56. The van der Waals surface area contributed by atoms with Gasteiger partial charge < -0.3 is 20.1 Å². The average molecular weight is 298 g/mol. The number of hydrogen-bond donors (Lipinski definition) is 2. The van der Waals surface area contributed by atoms with E-state index in [1.54, 1.807) is 32.9 Å². The fourth-order valence-corrected chi connectivity index (χ4v) is 1.60. The molecule has 0 atom stereocenters. The Labute approximate surface area is 124 Å². The maximum absolute atomic E-state index is 13.5. The van der Waals surface area contributed by atoms with Crippen LogP contribution in [0.2, 0.25) is 0 Å². The van der Waals surface area contributed by atoms with Gasteiger partial charge in [0.05, 0.1) is 7.11 Å². The minimum Gasteiger partial charge on any atom is -0.497 e. The number of rotatable bonds is 6. The molecule has 6 heteroatoms. The van der Waals surface area contributed by atoms with Gasteiger partial charge in [0.25, 0.3) is 0 Å². The molecule has 118 valence electrons. The molecule has 0 unspecified atom stereocenters. The van der Waals surface area contributed by atoms with Gasteiger partial charge in [-0.2, -0.15) is 0 Å². The van der Waals surface area contributed by atoms with E-state index >= 15 is 0 Å². The average Bonchev–Trinajstić information content (AvgIpc) is 2.38. The number of methoxy groups -OCH3 is 1. The number of benzene rings is 1. The molecule has 1 aromatic carbocycles. The van der Waals surface area contributed by atoms with Crippen molar-refractivity contribution in [1.82, 2.24) is 10.6 Å². The van der Waals surface area contributed by atoms with E-state index in [4.69, 9.17) is 9.47 Å². The quantitative estimate of drug-likeness (QED) is 0.792. The maximum atomic E-state index is 13.5. The molecule has 0 aromatic heterocycles. The lowest BCUT2D eigenvalue weighted by atomic mass is 10.2. The van der Waals surface area contributed by atoms with Crippen molar-refractivity contribution < 1.29 is 18.7 Å². The second kappa shape index (κ2) is 7.83. The third kappa shape index (κ3) is 6.94. The summed E-state index contributed by atoms with van der Waals surface area (Å²) >= 11 is 0. The van der Waals surface area contributed by atoms with Crippen LogP contribution in [-0.4, -0.2) is 31.9 Å². The zero-order valence-corrected chi connectivity index (χ0v) is 13.0. The van der Waals surface area contributed by atoms with Crippen LogP contribution in [-0.2, 0) is 11.3 Å². The minimum atomic E-state index is -0.513. The van der Waals surface area contributed by atoms with E-state index in [0.717, 1.165) is 0 Å². The molecule has 0 saturated heterocycles. The van der Waals surface area contributed by atoms with E-state index in [9.17, 15) is 9.18 Å². The predicted molar refractivity (Wildman–Crippen MR) is 78.9 cm³/mol. The van der Waals surface area contributed by atoms with Gasteiger partial charge in [-0.05, 0) is 39.0 Å². The van der Waals surface area contributed by atoms with Gasteiger partial charge in [-0.15, -0.1) is 0 Å². The molecule has 0 bridgehead atoms. The van der Waals surface area contributed by atoms with Crippen LogP contribution in [0.25, 0.3) is 0 Å². The van der Waals surface area contributed by atoms with Gasteiger partial charge in [0.1, 0.15) is 17.2 Å². The van der Waals surface area contributed by atoms with E-state index in [-0.39, 0.29) is 5.82 Å². The topological polar surface area (TPSA) is 59.6 Å². The third-order valence-electron chi connectivity index (χ3n) is 2.54. The summed E-state index contributed by atoms with van der Waals surface area (Å²) in [5, 5.41) is 5.67. The maximum Gasteiger partial charge on any atom is 0.407 e. The lowest BCUT2D eigenvalue weighted by Crippen LogP contribution is -2.36. The van der Waals surface area contributed by atoms with Gasteiger partial charge in [-0.25, -0.2) is 9.18 Å². The van der Waals surface area contributed by atoms with Crippen molar-refractivity contribution in [2.45, 2.75) is 32.9 Å². The van der Waals surface area contributed by atoms with Gasteiger partial charge in [0.2, 0.25) is 0 Å². The fourth-order valence-electron chi connectivity index (χ4n) is 1.60. The first kappa shape index (κ1) is 17.2. The van der Waals surface area contributed by atoms with Crippen molar-refractivity contribution in [3.05, 3.63) is 29.6 Å². The highest BCUT2D eigenvalue weighted by Gasteiger charge is 2.15. The van der Waals surface area contributed by atoms with E-state index in [1.165, 1.54) is 13.2 Å². The molecule has 0 saturated carbocycles. The number of halogens is 1. The second-order valence-electron chi connectivity index (χ2n) is 5.56. The molecule has 0 spiro atoms. The summed E-state index contributed by atoms with van der Waals surface area (Å²) in [4.78, 5) is 11.4. The molecule has 21 heavy (non-hydrogen) atoms. The first-order chi connectivity index (χ1) is 9.81. The number of ether oxygens (including phenoxy) is 2. The standard InChI is InChI=1S/C15H23FN2O3/c1-15(2,3)21-14(19)18-8-7-17-10-11-9-12(20-4)5-6-13(11)16/h5-6,9,17H,7-8,10H2,1-4H3,(H,18,19). The minimum absolute atomic E-state index is 0.289. The normalized spacial score (nSPS) is 11.1. The van der Waals surface area contributed by atoms with Crippen LogP contribution in [0.3, 0.4) is 0 Å². The highest BCUT2D eigenvalue weighted by Crippen LogP contribution is 2.16. The monoisotopic (exact) mass is 298 g/mol. The Morgan fingerprint density at radius 3 is 2.62 bits per heavy atom. The van der Waals surface area contributed by atoms with Crippen LogP contribution in [0, 0.1) is 5.82 Å². The van der Waals surface area contributed by atoms with Crippen LogP contribution in [0.15, 0.2) is 18.2 Å². The molecule has 1 aromatic rings. The van der Waals surface area contributed by atoms with Crippen LogP contribution in [0.5, 0.6) is 5.75 Å². The largest absolute Gasteiger partial charge is 0.497 e. The molecule has 0 aliphatic heterocycles.